The molecule has 64 heavy (non-hydrogen) atoms. The summed E-state index contributed by atoms with van der Waals surface area (Å²) in [5, 5.41) is 8.12. The van der Waals surface area contributed by atoms with Gasteiger partial charge in [0.05, 0.1) is 55.3 Å². The van der Waals surface area contributed by atoms with Gasteiger partial charge in [-0.3, -0.25) is 19.9 Å². The highest BCUT2D eigenvalue weighted by molar-refractivity contribution is 6.22. The van der Waals surface area contributed by atoms with E-state index in [2.05, 4.69) is 94.9 Å². The number of aromatic amines is 2. The van der Waals surface area contributed by atoms with Crippen LogP contribution >= 0.6 is 0 Å². The molecule has 0 unspecified atom stereocenters. The Labute approximate surface area is 364 Å². The van der Waals surface area contributed by atoms with Gasteiger partial charge < -0.3 is 19.4 Å². The van der Waals surface area contributed by atoms with Gasteiger partial charge in [-0.05, 0) is 93.3 Å². The molecule has 0 spiro atoms. The van der Waals surface area contributed by atoms with Crippen molar-refractivity contribution in [1.29, 1.82) is 0 Å². The second kappa shape index (κ2) is 14.4. The Kier molecular flexibility index (Phi) is 8.10. The van der Waals surface area contributed by atoms with Gasteiger partial charge in [0.25, 0.3) is 0 Å². The summed E-state index contributed by atoms with van der Waals surface area (Å²) >= 11 is 0. The lowest BCUT2D eigenvalue weighted by Crippen LogP contribution is -2.01. The van der Waals surface area contributed by atoms with Crippen LogP contribution < -0.4 is 9.47 Å². The predicted molar refractivity (Wildman–Crippen MR) is 254 cm³/mol. The third-order valence-electron chi connectivity index (χ3n) is 12.2. The summed E-state index contributed by atoms with van der Waals surface area (Å²) in [7, 11) is 0. The number of pyridine rings is 4. The monoisotopic (exact) mass is 826 g/mol. The average molecular weight is 827 g/mol. The molecule has 0 saturated heterocycles. The van der Waals surface area contributed by atoms with Crippen molar-refractivity contribution < 1.29 is 9.47 Å². The SMILES string of the molecule is c1ccc2c(-c3nc4c5cccnc5c5ncccc5c4[nH]3)c(OCc3ccc(COc4ccc5ccccc5c4-c4nc5c6cccnc6c6ncccc6c5[nH]4)cc3)ccc2c1. The molecule has 10 heteroatoms. The van der Waals surface area contributed by atoms with E-state index in [4.69, 9.17) is 39.4 Å². The molecular weight excluding hydrogens is 793 g/mol. The maximum Gasteiger partial charge on any atom is 0.142 e. The smallest absolute Gasteiger partial charge is 0.142 e. The van der Waals surface area contributed by atoms with Crippen LogP contribution in [0.3, 0.4) is 0 Å². The lowest BCUT2D eigenvalue weighted by atomic mass is 10.0. The normalized spacial score (nSPS) is 11.9. The molecule has 6 aromatic heterocycles. The number of nitrogens with one attached hydrogen (secondary N) is 2. The number of hydrogen-bond acceptors (Lipinski definition) is 8. The molecule has 0 radical (unpaired) electrons. The summed E-state index contributed by atoms with van der Waals surface area (Å²) < 4.78 is 13.4. The molecule has 0 saturated carbocycles. The minimum absolute atomic E-state index is 0.363. The fourth-order valence-corrected chi connectivity index (χ4v) is 9.21. The molecule has 13 aromatic rings. The number of imidazole rings is 2. The summed E-state index contributed by atoms with van der Waals surface area (Å²) in [6.45, 7) is 0.726. The van der Waals surface area contributed by atoms with Crippen LogP contribution in [0.5, 0.6) is 11.5 Å². The maximum absolute atomic E-state index is 6.68. The second-order valence-electron chi connectivity index (χ2n) is 15.9. The van der Waals surface area contributed by atoms with Gasteiger partial charge in [0, 0.05) is 46.3 Å². The fourth-order valence-electron chi connectivity index (χ4n) is 9.21. The summed E-state index contributed by atoms with van der Waals surface area (Å²) in [5.74, 6) is 2.92. The molecule has 0 bridgehead atoms. The predicted octanol–water partition coefficient (Wildman–Crippen LogP) is 12.4. The number of rotatable bonds is 8. The van der Waals surface area contributed by atoms with Gasteiger partial charge in [0.2, 0.25) is 0 Å². The fraction of sp³-hybridized carbons (Fsp3) is 0.0370. The van der Waals surface area contributed by atoms with Crippen LogP contribution in [-0.2, 0) is 13.2 Å². The van der Waals surface area contributed by atoms with Gasteiger partial charge in [-0.25, -0.2) is 9.97 Å². The zero-order chi connectivity index (χ0) is 42.1. The van der Waals surface area contributed by atoms with Crippen molar-refractivity contribution in [2.45, 2.75) is 13.2 Å². The molecule has 13 rings (SSSR count). The standard InChI is InChI=1S/C54H34N8O2/c1-3-11-35-33(9-1)21-23-41(43(35)53-59-49-37-13-5-25-55-45(37)46-38(50(49)60-53)14-6-26-56-46)63-29-31-17-19-32(20-18-31)30-64-42-24-22-34-10-2-4-12-36(34)44(42)54-61-51-39-15-7-27-57-47(39)48-40(52(51)62-54)16-8-28-58-48/h1-28H,29-30H2,(H,59,60)(H,61,62). The Hall–Kier alpha value is -8.76. The van der Waals surface area contributed by atoms with Gasteiger partial charge >= 0.3 is 0 Å². The van der Waals surface area contributed by atoms with Crippen LogP contribution in [-0.4, -0.2) is 39.9 Å². The number of ether oxygens (including phenoxy) is 2. The largest absolute Gasteiger partial charge is 0.488 e. The molecule has 6 heterocycles. The number of hydrogen-bond donors (Lipinski definition) is 2. The van der Waals surface area contributed by atoms with Gasteiger partial charge in [-0.1, -0.05) is 84.9 Å². The van der Waals surface area contributed by atoms with E-state index < -0.39 is 0 Å². The van der Waals surface area contributed by atoms with Gasteiger partial charge in [0.1, 0.15) is 36.4 Å². The Morgan fingerprint density at radius 1 is 0.344 bits per heavy atom. The average Bonchev–Trinajstić information content (AvgIpc) is 4.02. The quantitative estimate of drug-likeness (QED) is 0.145. The number of fused-ring (bicyclic) bond motifs is 14. The van der Waals surface area contributed by atoms with E-state index in [1.807, 2.05) is 60.7 Å². The van der Waals surface area contributed by atoms with Crippen LogP contribution in [0.15, 0.2) is 170 Å². The lowest BCUT2D eigenvalue weighted by Gasteiger charge is -2.14. The lowest BCUT2D eigenvalue weighted by molar-refractivity contribution is 0.304. The number of nitrogens with zero attached hydrogens (tertiary/aromatic N) is 6. The van der Waals surface area contributed by atoms with Crippen molar-refractivity contribution in [3.8, 4) is 34.3 Å². The first-order chi connectivity index (χ1) is 31.7. The van der Waals surface area contributed by atoms with Crippen LogP contribution in [0.4, 0.5) is 0 Å². The maximum atomic E-state index is 6.68. The highest BCUT2D eigenvalue weighted by Crippen LogP contribution is 2.42. The van der Waals surface area contributed by atoms with Crippen molar-refractivity contribution in [1.82, 2.24) is 39.9 Å². The Morgan fingerprint density at radius 2 is 0.719 bits per heavy atom. The Bertz CT molecular complexity index is 3590. The van der Waals surface area contributed by atoms with E-state index in [1.54, 1.807) is 24.8 Å². The molecule has 0 aliphatic heterocycles. The van der Waals surface area contributed by atoms with E-state index >= 15 is 0 Å². The zero-order valence-corrected chi connectivity index (χ0v) is 34.1. The molecule has 7 aromatic carbocycles. The van der Waals surface area contributed by atoms with Gasteiger partial charge in [-0.2, -0.15) is 0 Å². The van der Waals surface area contributed by atoms with E-state index in [-0.39, 0.29) is 0 Å². The van der Waals surface area contributed by atoms with Crippen molar-refractivity contribution in [3.63, 3.8) is 0 Å². The highest BCUT2D eigenvalue weighted by Gasteiger charge is 2.21. The molecule has 10 nitrogen and oxygen atoms in total. The third kappa shape index (κ3) is 5.73. The molecule has 0 atom stereocenters. The van der Waals surface area contributed by atoms with E-state index in [9.17, 15) is 0 Å². The molecular formula is C54H34N8O2. The highest BCUT2D eigenvalue weighted by atomic mass is 16.5. The molecule has 0 aliphatic carbocycles. The Morgan fingerprint density at radius 3 is 1.16 bits per heavy atom. The first-order valence-electron chi connectivity index (χ1n) is 21.1. The van der Waals surface area contributed by atoms with Gasteiger partial charge in [0.15, 0.2) is 0 Å². The Balaban J connectivity index is 0.812. The van der Waals surface area contributed by atoms with E-state index in [0.717, 1.165) is 133 Å². The van der Waals surface area contributed by atoms with Crippen LogP contribution in [0.25, 0.3) is 110 Å². The first-order valence-corrected chi connectivity index (χ1v) is 21.1. The molecule has 0 fully saturated rings. The second-order valence-corrected chi connectivity index (χ2v) is 15.9. The van der Waals surface area contributed by atoms with Crippen LogP contribution in [0.1, 0.15) is 11.1 Å². The first kappa shape index (κ1) is 35.9. The van der Waals surface area contributed by atoms with Crippen LogP contribution in [0.2, 0.25) is 0 Å². The van der Waals surface area contributed by atoms with Crippen molar-refractivity contribution in [2.75, 3.05) is 0 Å². The van der Waals surface area contributed by atoms with Crippen molar-refractivity contribution in [3.05, 3.63) is 182 Å². The topological polar surface area (TPSA) is 127 Å². The molecule has 0 aliphatic rings. The molecule has 0 amide bonds. The minimum atomic E-state index is 0.363. The summed E-state index contributed by atoms with van der Waals surface area (Å²) in [4.78, 5) is 36.6. The third-order valence-corrected chi connectivity index (χ3v) is 12.2. The van der Waals surface area contributed by atoms with Gasteiger partial charge in [-0.15, -0.1) is 0 Å². The summed E-state index contributed by atoms with van der Waals surface area (Å²) in [6.07, 6.45) is 7.21. The number of aromatic nitrogens is 8. The molecule has 302 valence electrons. The number of benzene rings is 7. The summed E-state index contributed by atoms with van der Waals surface area (Å²) in [5.41, 5.74) is 10.7. The van der Waals surface area contributed by atoms with E-state index in [0.29, 0.717) is 13.2 Å². The van der Waals surface area contributed by atoms with Crippen molar-refractivity contribution in [2.24, 2.45) is 0 Å². The summed E-state index contributed by atoms with van der Waals surface area (Å²) in [6, 6.07) is 49.3. The molecule has 2 N–H and O–H groups in total. The van der Waals surface area contributed by atoms with E-state index in [1.165, 1.54) is 0 Å². The number of H-pyrrole nitrogens is 2. The van der Waals surface area contributed by atoms with Crippen LogP contribution in [0, 0.1) is 0 Å². The zero-order valence-electron chi connectivity index (χ0n) is 34.1. The minimum Gasteiger partial charge on any atom is -0.488 e. The van der Waals surface area contributed by atoms with Crippen molar-refractivity contribution >= 4 is 87.2 Å².